The van der Waals surface area contributed by atoms with Gasteiger partial charge < -0.3 is 20.3 Å². The molecule has 3 rings (SSSR count). The van der Waals surface area contributed by atoms with E-state index in [4.69, 9.17) is 9.84 Å². The molecule has 1 amide bonds. The van der Waals surface area contributed by atoms with Crippen molar-refractivity contribution in [2.24, 2.45) is 5.92 Å². The van der Waals surface area contributed by atoms with Crippen LogP contribution in [0.1, 0.15) is 42.6 Å². The number of carboxylic acids is 2. The van der Waals surface area contributed by atoms with Gasteiger partial charge in [-0.1, -0.05) is 18.2 Å². The monoisotopic (exact) mass is 403 g/mol. The molecule has 10 heteroatoms. The topological polar surface area (TPSA) is 148 Å². The van der Waals surface area contributed by atoms with Crippen LogP contribution in [0, 0.1) is 5.92 Å². The van der Waals surface area contributed by atoms with E-state index in [-0.39, 0.29) is 30.5 Å². The van der Waals surface area contributed by atoms with E-state index in [9.17, 15) is 24.3 Å². The number of carbonyl (C=O) groups excluding carboxylic acids is 2. The summed E-state index contributed by atoms with van der Waals surface area (Å²) in [4.78, 5) is 46.5. The van der Waals surface area contributed by atoms with Crippen LogP contribution >= 0.6 is 0 Å². The standard InChI is InChI=1S/C19H21N3O7/c23-15(24)9-10-20-17(25)11-5-7-12(8-6-11)29-19(28)22-14-4-2-1-3-13(14)16(21-22)18(26)27/h1-4,11-12H,5-10H2,(H,20,25)(H,23,24)(H,26,27). The first-order valence-corrected chi connectivity index (χ1v) is 9.28. The zero-order valence-electron chi connectivity index (χ0n) is 15.5. The fourth-order valence-corrected chi connectivity index (χ4v) is 3.44. The molecule has 29 heavy (non-hydrogen) atoms. The van der Waals surface area contributed by atoms with Gasteiger partial charge in [-0.15, -0.1) is 0 Å². The lowest BCUT2D eigenvalue weighted by atomic mass is 9.87. The fraction of sp³-hybridized carbons (Fsp3) is 0.421. The highest BCUT2D eigenvalue weighted by atomic mass is 16.6. The van der Waals surface area contributed by atoms with E-state index in [1.807, 2.05) is 0 Å². The minimum Gasteiger partial charge on any atom is -0.481 e. The zero-order valence-corrected chi connectivity index (χ0v) is 15.5. The number of benzene rings is 1. The van der Waals surface area contributed by atoms with Gasteiger partial charge in [-0.3, -0.25) is 9.59 Å². The van der Waals surface area contributed by atoms with Gasteiger partial charge in [0.15, 0.2) is 5.69 Å². The SMILES string of the molecule is O=C(O)CCNC(=O)C1CCC(OC(=O)n2nc(C(=O)O)c3ccccc32)CC1. The number of aromatic carboxylic acids is 1. The van der Waals surface area contributed by atoms with E-state index in [0.29, 0.717) is 36.6 Å². The molecule has 154 valence electrons. The average molecular weight is 403 g/mol. The lowest BCUT2D eigenvalue weighted by Gasteiger charge is -2.27. The summed E-state index contributed by atoms with van der Waals surface area (Å²) in [6.45, 7) is 0.0847. The van der Waals surface area contributed by atoms with Gasteiger partial charge in [0.25, 0.3) is 0 Å². The molecule has 1 heterocycles. The number of carbonyl (C=O) groups is 4. The molecule has 3 N–H and O–H groups in total. The van der Waals surface area contributed by atoms with Crippen LogP contribution in [0.4, 0.5) is 4.79 Å². The number of nitrogens with one attached hydrogen (secondary N) is 1. The van der Waals surface area contributed by atoms with Crippen LogP contribution in [0.2, 0.25) is 0 Å². The molecule has 1 saturated carbocycles. The summed E-state index contributed by atoms with van der Waals surface area (Å²) in [6, 6.07) is 6.50. The highest BCUT2D eigenvalue weighted by molar-refractivity contribution is 6.03. The van der Waals surface area contributed by atoms with Crippen molar-refractivity contribution in [3.05, 3.63) is 30.0 Å². The second-order valence-electron chi connectivity index (χ2n) is 6.87. The maximum absolute atomic E-state index is 12.5. The van der Waals surface area contributed by atoms with Crippen molar-refractivity contribution in [2.45, 2.75) is 38.2 Å². The molecule has 1 aromatic carbocycles. The Labute approximate surface area is 165 Å². The maximum Gasteiger partial charge on any atom is 0.435 e. The Kier molecular flexibility index (Phi) is 6.10. The van der Waals surface area contributed by atoms with E-state index in [0.717, 1.165) is 4.68 Å². The molecule has 0 saturated heterocycles. The second kappa shape index (κ2) is 8.72. The molecule has 0 unspecified atom stereocenters. The van der Waals surface area contributed by atoms with E-state index < -0.39 is 24.1 Å². The first-order chi connectivity index (χ1) is 13.9. The molecule has 1 aliphatic carbocycles. The van der Waals surface area contributed by atoms with E-state index >= 15 is 0 Å². The Morgan fingerprint density at radius 1 is 1.10 bits per heavy atom. The van der Waals surface area contributed by atoms with Crippen molar-refractivity contribution in [2.75, 3.05) is 6.54 Å². The van der Waals surface area contributed by atoms with Crippen molar-refractivity contribution in [3.63, 3.8) is 0 Å². The zero-order chi connectivity index (χ0) is 21.0. The van der Waals surface area contributed by atoms with Crippen molar-refractivity contribution >= 4 is 34.8 Å². The molecule has 10 nitrogen and oxygen atoms in total. The number of hydrogen-bond acceptors (Lipinski definition) is 6. The number of aliphatic carboxylic acids is 1. The quantitative estimate of drug-likeness (QED) is 0.662. The third-order valence-corrected chi connectivity index (χ3v) is 4.91. The molecule has 1 aliphatic rings. The third-order valence-electron chi connectivity index (χ3n) is 4.91. The van der Waals surface area contributed by atoms with Gasteiger partial charge in [0.1, 0.15) is 6.10 Å². The first-order valence-electron chi connectivity index (χ1n) is 9.28. The number of ether oxygens (including phenoxy) is 1. The smallest absolute Gasteiger partial charge is 0.435 e. The molecular weight excluding hydrogens is 382 g/mol. The summed E-state index contributed by atoms with van der Waals surface area (Å²) in [5.41, 5.74) is 0.126. The van der Waals surface area contributed by atoms with Crippen molar-refractivity contribution < 1.29 is 34.1 Å². The van der Waals surface area contributed by atoms with Crippen LogP contribution in [0.25, 0.3) is 10.9 Å². The summed E-state index contributed by atoms with van der Waals surface area (Å²) < 4.78 is 6.43. The number of nitrogens with zero attached hydrogens (tertiary/aromatic N) is 2. The Morgan fingerprint density at radius 3 is 2.45 bits per heavy atom. The minimum atomic E-state index is -1.23. The number of hydrogen-bond donors (Lipinski definition) is 3. The van der Waals surface area contributed by atoms with Gasteiger partial charge in [-0.2, -0.15) is 9.78 Å². The second-order valence-corrected chi connectivity index (χ2v) is 6.87. The first kappa shape index (κ1) is 20.3. The van der Waals surface area contributed by atoms with Crippen LogP contribution in [-0.2, 0) is 14.3 Å². The van der Waals surface area contributed by atoms with Crippen LogP contribution < -0.4 is 5.32 Å². The van der Waals surface area contributed by atoms with Gasteiger partial charge in [-0.05, 0) is 31.7 Å². The molecule has 0 spiro atoms. The maximum atomic E-state index is 12.5. The Morgan fingerprint density at radius 2 is 1.79 bits per heavy atom. The molecular formula is C19H21N3O7. The van der Waals surface area contributed by atoms with Crippen LogP contribution in [0.5, 0.6) is 0 Å². The Bertz CT molecular complexity index is 944. The van der Waals surface area contributed by atoms with Crippen LogP contribution in [0.15, 0.2) is 24.3 Å². The number of fused-ring (bicyclic) bond motifs is 1. The van der Waals surface area contributed by atoms with Crippen LogP contribution in [0.3, 0.4) is 0 Å². The number of carboxylic acid groups (broad SMARTS) is 2. The van der Waals surface area contributed by atoms with Gasteiger partial charge in [0, 0.05) is 17.8 Å². The van der Waals surface area contributed by atoms with Gasteiger partial charge in [0.2, 0.25) is 5.91 Å². The predicted octanol–water partition coefficient (Wildman–Crippen LogP) is 1.87. The highest BCUT2D eigenvalue weighted by Gasteiger charge is 2.29. The molecule has 0 bridgehead atoms. The third kappa shape index (κ3) is 4.71. The largest absolute Gasteiger partial charge is 0.481 e. The highest BCUT2D eigenvalue weighted by Crippen LogP contribution is 2.27. The van der Waals surface area contributed by atoms with Crippen molar-refractivity contribution in [1.82, 2.24) is 15.1 Å². The van der Waals surface area contributed by atoms with Gasteiger partial charge >= 0.3 is 18.0 Å². The van der Waals surface area contributed by atoms with E-state index in [2.05, 4.69) is 10.4 Å². The molecule has 2 aromatic rings. The molecule has 0 radical (unpaired) electrons. The number of aromatic nitrogens is 2. The number of rotatable bonds is 6. The Hall–Kier alpha value is -3.43. The normalized spacial score (nSPS) is 18.9. The molecule has 0 atom stereocenters. The van der Waals surface area contributed by atoms with Gasteiger partial charge in [-0.25, -0.2) is 9.59 Å². The summed E-state index contributed by atoms with van der Waals surface area (Å²) >= 11 is 0. The number of para-hydroxylation sites is 1. The van der Waals surface area contributed by atoms with Gasteiger partial charge in [0.05, 0.1) is 11.9 Å². The lowest BCUT2D eigenvalue weighted by Crippen LogP contribution is -2.36. The minimum absolute atomic E-state index is 0.0847. The molecule has 1 aromatic heterocycles. The molecule has 1 fully saturated rings. The van der Waals surface area contributed by atoms with Crippen LogP contribution in [-0.4, -0.2) is 56.6 Å². The predicted molar refractivity (Wildman–Crippen MR) is 99.6 cm³/mol. The summed E-state index contributed by atoms with van der Waals surface area (Å²) in [7, 11) is 0. The fourth-order valence-electron chi connectivity index (χ4n) is 3.44. The summed E-state index contributed by atoms with van der Waals surface area (Å²) in [6.07, 6.45) is 0.690. The lowest BCUT2D eigenvalue weighted by molar-refractivity contribution is -0.137. The van der Waals surface area contributed by atoms with Crippen molar-refractivity contribution in [3.8, 4) is 0 Å². The Balaban J connectivity index is 1.58. The summed E-state index contributed by atoms with van der Waals surface area (Å²) in [5, 5.41) is 24.7. The summed E-state index contributed by atoms with van der Waals surface area (Å²) in [5.74, 6) is -2.65. The average Bonchev–Trinajstić information content (AvgIpc) is 3.08. The van der Waals surface area contributed by atoms with Crippen molar-refractivity contribution in [1.29, 1.82) is 0 Å². The van der Waals surface area contributed by atoms with E-state index in [1.165, 1.54) is 0 Å². The van der Waals surface area contributed by atoms with E-state index in [1.54, 1.807) is 24.3 Å². The molecule has 0 aliphatic heterocycles. The number of amides is 1.